The van der Waals surface area contributed by atoms with Crippen molar-refractivity contribution in [1.82, 2.24) is 5.32 Å². The van der Waals surface area contributed by atoms with Gasteiger partial charge in [-0.15, -0.1) is 0 Å². The van der Waals surface area contributed by atoms with Crippen LogP contribution < -0.4 is 14.8 Å². The van der Waals surface area contributed by atoms with Gasteiger partial charge in [0.05, 0.1) is 14.2 Å². The Morgan fingerprint density at radius 2 is 1.73 bits per heavy atom. The summed E-state index contributed by atoms with van der Waals surface area (Å²) in [6.07, 6.45) is 0. The Morgan fingerprint density at radius 1 is 1.05 bits per heavy atom. The van der Waals surface area contributed by atoms with Crippen LogP contribution >= 0.6 is 0 Å². The van der Waals surface area contributed by atoms with Gasteiger partial charge in [-0.25, -0.2) is 0 Å². The number of hydrogen-bond donors (Lipinski definition) is 1. The first-order chi connectivity index (χ1) is 10.5. The van der Waals surface area contributed by atoms with Crippen LogP contribution in [-0.2, 0) is 6.54 Å². The summed E-state index contributed by atoms with van der Waals surface area (Å²) < 4.78 is 10.5. The molecule has 1 N–H and O–H groups in total. The van der Waals surface area contributed by atoms with E-state index >= 15 is 0 Å². The van der Waals surface area contributed by atoms with Crippen LogP contribution in [0.25, 0.3) is 0 Å². The molecule has 0 radical (unpaired) electrons. The van der Waals surface area contributed by atoms with Crippen molar-refractivity contribution in [3.05, 3.63) is 58.7 Å². The summed E-state index contributed by atoms with van der Waals surface area (Å²) in [7, 11) is 3.24. The molecule has 116 valence electrons. The third-order valence-corrected chi connectivity index (χ3v) is 3.57. The van der Waals surface area contributed by atoms with Gasteiger partial charge in [0.2, 0.25) is 0 Å². The predicted octanol–water partition coefficient (Wildman–Crippen LogP) is 3.25. The van der Waals surface area contributed by atoms with E-state index in [-0.39, 0.29) is 5.91 Å². The van der Waals surface area contributed by atoms with E-state index in [1.54, 1.807) is 38.5 Å². The van der Waals surface area contributed by atoms with Crippen molar-refractivity contribution in [1.29, 1.82) is 0 Å². The third-order valence-electron chi connectivity index (χ3n) is 3.57. The topological polar surface area (TPSA) is 47.6 Å². The molecule has 4 nitrogen and oxygen atoms in total. The SMILES string of the molecule is COc1ccc(C(=O)NCc2c(C)cc(C)cc2OC)cc1. The Hall–Kier alpha value is -2.49. The highest BCUT2D eigenvalue weighted by atomic mass is 16.5. The fourth-order valence-electron chi connectivity index (χ4n) is 2.38. The number of ether oxygens (including phenoxy) is 2. The third kappa shape index (κ3) is 3.58. The molecule has 0 atom stereocenters. The smallest absolute Gasteiger partial charge is 0.251 e. The van der Waals surface area contributed by atoms with Crippen molar-refractivity contribution in [2.75, 3.05) is 14.2 Å². The standard InChI is InChI=1S/C18H21NO3/c1-12-9-13(2)16(17(10-12)22-4)11-19-18(20)14-5-7-15(21-3)8-6-14/h5-10H,11H2,1-4H3,(H,19,20). The van der Waals surface area contributed by atoms with Gasteiger partial charge in [-0.1, -0.05) is 6.07 Å². The fourth-order valence-corrected chi connectivity index (χ4v) is 2.38. The summed E-state index contributed by atoms with van der Waals surface area (Å²) in [5.74, 6) is 1.41. The van der Waals surface area contributed by atoms with E-state index in [1.807, 2.05) is 19.9 Å². The summed E-state index contributed by atoms with van der Waals surface area (Å²) in [5, 5.41) is 2.93. The van der Waals surface area contributed by atoms with Gasteiger partial charge in [-0.05, 0) is 55.3 Å². The highest BCUT2D eigenvalue weighted by Crippen LogP contribution is 2.24. The van der Waals surface area contributed by atoms with E-state index in [9.17, 15) is 4.79 Å². The molecule has 0 saturated carbocycles. The van der Waals surface area contributed by atoms with Gasteiger partial charge < -0.3 is 14.8 Å². The summed E-state index contributed by atoms with van der Waals surface area (Å²) in [4.78, 5) is 12.2. The van der Waals surface area contributed by atoms with E-state index in [0.717, 1.165) is 28.2 Å². The van der Waals surface area contributed by atoms with E-state index in [4.69, 9.17) is 9.47 Å². The van der Waals surface area contributed by atoms with Crippen LogP contribution in [0.2, 0.25) is 0 Å². The van der Waals surface area contributed by atoms with Crippen molar-refractivity contribution in [2.24, 2.45) is 0 Å². The molecule has 0 aliphatic rings. The maximum atomic E-state index is 12.2. The van der Waals surface area contributed by atoms with E-state index in [1.165, 1.54) is 0 Å². The number of hydrogen-bond acceptors (Lipinski definition) is 3. The molecule has 0 aliphatic heterocycles. The number of methoxy groups -OCH3 is 2. The van der Waals surface area contributed by atoms with Crippen molar-refractivity contribution >= 4 is 5.91 Å². The number of rotatable bonds is 5. The van der Waals surface area contributed by atoms with Gasteiger partial charge in [0.25, 0.3) is 5.91 Å². The maximum Gasteiger partial charge on any atom is 0.251 e. The maximum absolute atomic E-state index is 12.2. The second kappa shape index (κ2) is 6.98. The molecular formula is C18H21NO3. The minimum absolute atomic E-state index is 0.121. The molecule has 1 amide bonds. The Kier molecular flexibility index (Phi) is 5.04. The minimum Gasteiger partial charge on any atom is -0.497 e. The molecule has 0 saturated heterocycles. The predicted molar refractivity (Wildman–Crippen MR) is 86.6 cm³/mol. The second-order valence-electron chi connectivity index (χ2n) is 5.17. The summed E-state index contributed by atoms with van der Waals surface area (Å²) >= 11 is 0. The summed E-state index contributed by atoms with van der Waals surface area (Å²) in [6.45, 7) is 4.47. The number of amides is 1. The number of carbonyl (C=O) groups is 1. The second-order valence-corrected chi connectivity index (χ2v) is 5.17. The van der Waals surface area contributed by atoms with Crippen molar-refractivity contribution in [2.45, 2.75) is 20.4 Å². The van der Waals surface area contributed by atoms with Crippen molar-refractivity contribution < 1.29 is 14.3 Å². The van der Waals surface area contributed by atoms with Crippen LogP contribution in [0, 0.1) is 13.8 Å². The Morgan fingerprint density at radius 3 is 2.32 bits per heavy atom. The Bertz CT molecular complexity index is 663. The molecule has 2 aromatic carbocycles. The first kappa shape index (κ1) is 15.9. The Labute approximate surface area is 131 Å². The van der Waals surface area contributed by atoms with Gasteiger partial charge in [0, 0.05) is 17.7 Å². The van der Waals surface area contributed by atoms with Gasteiger partial charge in [-0.2, -0.15) is 0 Å². The van der Waals surface area contributed by atoms with E-state index < -0.39 is 0 Å². The lowest BCUT2D eigenvalue weighted by Crippen LogP contribution is -2.23. The molecule has 0 unspecified atom stereocenters. The van der Waals surface area contributed by atoms with Crippen LogP contribution in [0.15, 0.2) is 36.4 Å². The lowest BCUT2D eigenvalue weighted by molar-refractivity contribution is 0.0950. The van der Waals surface area contributed by atoms with Crippen LogP contribution in [0.1, 0.15) is 27.0 Å². The molecule has 22 heavy (non-hydrogen) atoms. The van der Waals surface area contributed by atoms with Gasteiger partial charge in [0.15, 0.2) is 0 Å². The summed E-state index contributed by atoms with van der Waals surface area (Å²) in [5.41, 5.74) is 3.84. The number of aryl methyl sites for hydroxylation is 2. The summed E-state index contributed by atoms with van der Waals surface area (Å²) in [6, 6.07) is 11.1. The van der Waals surface area contributed by atoms with Crippen LogP contribution in [0.5, 0.6) is 11.5 Å². The van der Waals surface area contributed by atoms with Gasteiger partial charge >= 0.3 is 0 Å². The van der Waals surface area contributed by atoms with Crippen molar-refractivity contribution in [3.8, 4) is 11.5 Å². The molecule has 2 rings (SSSR count). The molecule has 2 aromatic rings. The molecule has 0 aromatic heterocycles. The highest BCUT2D eigenvalue weighted by Gasteiger charge is 2.10. The number of benzene rings is 2. The molecule has 0 fully saturated rings. The average Bonchev–Trinajstić information content (AvgIpc) is 2.53. The first-order valence-electron chi connectivity index (χ1n) is 7.11. The monoisotopic (exact) mass is 299 g/mol. The van der Waals surface area contributed by atoms with E-state index in [2.05, 4.69) is 11.4 Å². The van der Waals surface area contributed by atoms with Crippen LogP contribution in [0.4, 0.5) is 0 Å². The highest BCUT2D eigenvalue weighted by molar-refractivity contribution is 5.94. The zero-order chi connectivity index (χ0) is 16.1. The number of nitrogens with one attached hydrogen (secondary N) is 1. The minimum atomic E-state index is -0.121. The quantitative estimate of drug-likeness (QED) is 0.922. The lowest BCUT2D eigenvalue weighted by Gasteiger charge is -2.14. The van der Waals surface area contributed by atoms with Crippen LogP contribution in [-0.4, -0.2) is 20.1 Å². The largest absolute Gasteiger partial charge is 0.497 e. The first-order valence-corrected chi connectivity index (χ1v) is 7.11. The molecule has 0 spiro atoms. The van der Waals surface area contributed by atoms with Gasteiger partial charge in [0.1, 0.15) is 11.5 Å². The molecule has 0 aliphatic carbocycles. The average molecular weight is 299 g/mol. The van der Waals surface area contributed by atoms with Crippen LogP contribution in [0.3, 0.4) is 0 Å². The molecule has 0 heterocycles. The number of carbonyl (C=O) groups excluding carboxylic acids is 1. The molecule has 0 bridgehead atoms. The van der Waals surface area contributed by atoms with Crippen molar-refractivity contribution in [3.63, 3.8) is 0 Å². The zero-order valence-electron chi connectivity index (χ0n) is 13.4. The Balaban J connectivity index is 2.10. The van der Waals surface area contributed by atoms with E-state index in [0.29, 0.717) is 12.1 Å². The fraction of sp³-hybridized carbons (Fsp3) is 0.278. The molecule has 4 heteroatoms. The normalized spacial score (nSPS) is 10.2. The zero-order valence-corrected chi connectivity index (χ0v) is 13.4. The lowest BCUT2D eigenvalue weighted by atomic mass is 10.0. The van der Waals surface area contributed by atoms with Gasteiger partial charge in [-0.3, -0.25) is 4.79 Å². The molecular weight excluding hydrogens is 278 g/mol.